The molecule has 3 aromatic rings. The molecule has 1 aromatic carbocycles. The van der Waals surface area contributed by atoms with Crippen LogP contribution < -0.4 is 15.4 Å². The first-order valence-corrected chi connectivity index (χ1v) is 9.04. The number of rotatable bonds is 5. The van der Waals surface area contributed by atoms with Gasteiger partial charge < -0.3 is 20.1 Å². The lowest BCUT2D eigenvalue weighted by Gasteiger charge is -2.23. The predicted molar refractivity (Wildman–Crippen MR) is 105 cm³/mol. The Hall–Kier alpha value is -3.15. The molecule has 150 valence electrons. The van der Waals surface area contributed by atoms with Crippen molar-refractivity contribution in [3.63, 3.8) is 0 Å². The summed E-state index contributed by atoms with van der Waals surface area (Å²) in [6, 6.07) is 4.46. The van der Waals surface area contributed by atoms with Crippen molar-refractivity contribution in [1.82, 2.24) is 25.3 Å². The highest BCUT2D eigenvalue weighted by Crippen LogP contribution is 2.34. The van der Waals surface area contributed by atoms with Crippen LogP contribution in [0.5, 0.6) is 5.75 Å². The summed E-state index contributed by atoms with van der Waals surface area (Å²) in [6.07, 6.45) is 1.08. The quantitative estimate of drug-likeness (QED) is 0.361. The van der Waals surface area contributed by atoms with E-state index in [0.29, 0.717) is 35.6 Å². The number of hydrogen-bond acceptors (Lipinski definition) is 10. The number of aromatic nitrogens is 4. The van der Waals surface area contributed by atoms with Gasteiger partial charge in [-0.3, -0.25) is 10.1 Å². The van der Waals surface area contributed by atoms with Gasteiger partial charge in [-0.15, -0.1) is 0 Å². The van der Waals surface area contributed by atoms with Crippen molar-refractivity contribution in [2.24, 2.45) is 0 Å². The van der Waals surface area contributed by atoms with E-state index < -0.39 is 4.92 Å². The molecule has 29 heavy (non-hydrogen) atoms. The lowest BCUT2D eigenvalue weighted by atomic mass is 10.2. The number of nitrogens with one attached hydrogen (secondary N) is 2. The Bertz CT molecular complexity index is 1080. The third kappa shape index (κ3) is 4.01. The van der Waals surface area contributed by atoms with Gasteiger partial charge in [0.05, 0.1) is 35.2 Å². The number of ether oxygens (including phenoxy) is 2. The molecule has 4 rings (SSSR count). The number of hydrogen-bond donors (Lipinski definition) is 2. The first-order chi connectivity index (χ1) is 14.0. The van der Waals surface area contributed by atoms with Gasteiger partial charge in [-0.1, -0.05) is 11.6 Å². The summed E-state index contributed by atoms with van der Waals surface area (Å²) in [4.78, 5) is 27.8. The van der Waals surface area contributed by atoms with E-state index in [2.05, 4.69) is 30.6 Å². The zero-order valence-corrected chi connectivity index (χ0v) is 16.0. The van der Waals surface area contributed by atoms with Gasteiger partial charge in [0.1, 0.15) is 23.4 Å². The zero-order chi connectivity index (χ0) is 20.4. The molecular formula is C17H16ClN7O4. The fourth-order valence-electron chi connectivity index (χ4n) is 3.00. The standard InChI is InChI=1S/C17H16ClN7O4/c1-28-13-5-10-9(4-12(13)25(26)27)16(21-8-20-10)24-17-22-11(6-15(18)23-17)14-7-19-2-3-29-14/h4-6,8,14,19H,2-3,7H2,1H3,(H,20,21,22,23,24). The Balaban J connectivity index is 1.73. The molecule has 3 heterocycles. The molecule has 12 heteroatoms. The van der Waals surface area contributed by atoms with Crippen molar-refractivity contribution < 1.29 is 14.4 Å². The molecule has 0 bridgehead atoms. The SMILES string of the molecule is COc1cc2ncnc(Nc3nc(Cl)cc(C4CNCCO4)n3)c2cc1[N+](=O)[O-]. The van der Waals surface area contributed by atoms with E-state index in [-0.39, 0.29) is 28.6 Å². The van der Waals surface area contributed by atoms with Crippen molar-refractivity contribution in [3.05, 3.63) is 45.5 Å². The Morgan fingerprint density at radius 3 is 2.93 bits per heavy atom. The second-order valence-corrected chi connectivity index (χ2v) is 6.54. The van der Waals surface area contributed by atoms with Crippen molar-refractivity contribution in [1.29, 1.82) is 0 Å². The fraction of sp³-hybridized carbons (Fsp3) is 0.294. The van der Waals surface area contributed by atoms with Gasteiger partial charge in [0.2, 0.25) is 5.95 Å². The number of benzene rings is 1. The Kier molecular flexibility index (Phi) is 5.34. The van der Waals surface area contributed by atoms with Crippen LogP contribution in [0.2, 0.25) is 5.15 Å². The molecule has 0 radical (unpaired) electrons. The molecule has 0 spiro atoms. The van der Waals surface area contributed by atoms with Gasteiger partial charge in [0.15, 0.2) is 5.75 Å². The smallest absolute Gasteiger partial charge is 0.311 e. The topological polar surface area (TPSA) is 137 Å². The van der Waals surface area contributed by atoms with Crippen LogP contribution in [0.1, 0.15) is 11.8 Å². The van der Waals surface area contributed by atoms with Crippen LogP contribution in [0.25, 0.3) is 10.9 Å². The summed E-state index contributed by atoms with van der Waals surface area (Å²) in [7, 11) is 1.36. The molecular weight excluding hydrogens is 402 g/mol. The Morgan fingerprint density at radius 1 is 1.34 bits per heavy atom. The third-order valence-corrected chi connectivity index (χ3v) is 4.53. The number of fused-ring (bicyclic) bond motifs is 1. The molecule has 1 aliphatic heterocycles. The van der Waals surface area contributed by atoms with Crippen LogP contribution in [0.15, 0.2) is 24.5 Å². The summed E-state index contributed by atoms with van der Waals surface area (Å²) >= 11 is 6.15. The predicted octanol–water partition coefficient (Wildman–Crippen LogP) is 2.39. The molecule has 11 nitrogen and oxygen atoms in total. The number of morpholine rings is 1. The minimum absolute atomic E-state index is 0.107. The second-order valence-electron chi connectivity index (χ2n) is 6.15. The van der Waals surface area contributed by atoms with Crippen LogP contribution >= 0.6 is 11.6 Å². The minimum atomic E-state index is -0.531. The van der Waals surface area contributed by atoms with Crippen LogP contribution in [0.4, 0.5) is 17.5 Å². The maximum Gasteiger partial charge on any atom is 0.311 e. The second kappa shape index (κ2) is 8.07. The molecule has 1 aliphatic rings. The normalized spacial score (nSPS) is 16.6. The highest BCUT2D eigenvalue weighted by molar-refractivity contribution is 6.29. The molecule has 1 atom stereocenters. The van der Waals surface area contributed by atoms with Crippen LogP contribution in [-0.4, -0.2) is 51.7 Å². The van der Waals surface area contributed by atoms with Crippen molar-refractivity contribution in [2.45, 2.75) is 6.10 Å². The highest BCUT2D eigenvalue weighted by atomic mass is 35.5. The highest BCUT2D eigenvalue weighted by Gasteiger charge is 2.21. The van der Waals surface area contributed by atoms with Gasteiger partial charge in [-0.2, -0.15) is 0 Å². The Labute approximate surface area is 169 Å². The molecule has 2 aromatic heterocycles. The third-order valence-electron chi connectivity index (χ3n) is 4.34. The summed E-state index contributed by atoms with van der Waals surface area (Å²) < 4.78 is 10.8. The summed E-state index contributed by atoms with van der Waals surface area (Å²) in [5.41, 5.74) is 0.880. The molecule has 1 saturated heterocycles. The molecule has 1 unspecified atom stereocenters. The van der Waals surface area contributed by atoms with Crippen molar-refractivity contribution in [2.75, 3.05) is 32.1 Å². The van der Waals surface area contributed by atoms with E-state index in [1.807, 2.05) is 0 Å². The molecule has 0 amide bonds. The summed E-state index contributed by atoms with van der Waals surface area (Å²) in [6.45, 7) is 1.95. The zero-order valence-electron chi connectivity index (χ0n) is 15.3. The lowest BCUT2D eigenvalue weighted by molar-refractivity contribution is -0.385. The van der Waals surface area contributed by atoms with E-state index in [9.17, 15) is 10.1 Å². The van der Waals surface area contributed by atoms with Crippen molar-refractivity contribution >= 4 is 40.0 Å². The largest absolute Gasteiger partial charge is 0.490 e. The van der Waals surface area contributed by atoms with E-state index in [0.717, 1.165) is 6.54 Å². The first kappa shape index (κ1) is 19.2. The summed E-state index contributed by atoms with van der Waals surface area (Å²) in [5.74, 6) is 0.604. The van der Waals surface area contributed by atoms with Crippen LogP contribution in [0, 0.1) is 10.1 Å². The molecule has 1 fully saturated rings. The molecule has 2 N–H and O–H groups in total. The van der Waals surface area contributed by atoms with Gasteiger partial charge >= 0.3 is 5.69 Å². The number of nitrogens with zero attached hydrogens (tertiary/aromatic N) is 5. The lowest BCUT2D eigenvalue weighted by Crippen LogP contribution is -2.33. The first-order valence-electron chi connectivity index (χ1n) is 8.66. The van der Waals surface area contributed by atoms with Gasteiger partial charge in [0, 0.05) is 25.2 Å². The molecule has 0 aliphatic carbocycles. The van der Waals surface area contributed by atoms with E-state index in [4.69, 9.17) is 21.1 Å². The number of halogens is 1. The minimum Gasteiger partial charge on any atom is -0.490 e. The number of nitro groups is 1. The van der Waals surface area contributed by atoms with Gasteiger partial charge in [-0.05, 0) is 6.07 Å². The van der Waals surface area contributed by atoms with Gasteiger partial charge in [0.25, 0.3) is 0 Å². The number of methoxy groups -OCH3 is 1. The van der Waals surface area contributed by atoms with Crippen LogP contribution in [0.3, 0.4) is 0 Å². The maximum absolute atomic E-state index is 11.4. The van der Waals surface area contributed by atoms with Gasteiger partial charge in [-0.25, -0.2) is 19.9 Å². The van der Waals surface area contributed by atoms with Crippen LogP contribution in [-0.2, 0) is 4.74 Å². The van der Waals surface area contributed by atoms with E-state index >= 15 is 0 Å². The summed E-state index contributed by atoms with van der Waals surface area (Å²) in [5, 5.41) is 18.2. The molecule has 0 saturated carbocycles. The fourth-order valence-corrected chi connectivity index (χ4v) is 3.19. The van der Waals surface area contributed by atoms with E-state index in [1.54, 1.807) is 6.07 Å². The maximum atomic E-state index is 11.4. The number of anilines is 2. The monoisotopic (exact) mass is 417 g/mol. The number of nitro benzene ring substituents is 1. The average Bonchev–Trinajstić information content (AvgIpc) is 2.73. The average molecular weight is 418 g/mol. The Morgan fingerprint density at radius 2 is 2.21 bits per heavy atom. The van der Waals surface area contributed by atoms with E-state index in [1.165, 1.54) is 25.6 Å². The van der Waals surface area contributed by atoms with Crippen molar-refractivity contribution in [3.8, 4) is 5.75 Å².